The molecule has 1 heterocycles. The van der Waals surface area contributed by atoms with E-state index in [4.69, 9.17) is 0 Å². The largest absolute Gasteiger partial charge is 0.573 e. The van der Waals surface area contributed by atoms with Crippen LogP contribution in [0.3, 0.4) is 0 Å². The molecule has 0 radical (unpaired) electrons. The molecule has 0 unspecified atom stereocenters. The molecule has 9 heteroatoms. The number of carbonyl (C=O) groups excluding carboxylic acids is 1. The zero-order chi connectivity index (χ0) is 22.7. The van der Waals surface area contributed by atoms with Crippen LogP contribution in [0.4, 0.5) is 18.9 Å². The molecule has 0 fully saturated rings. The van der Waals surface area contributed by atoms with Gasteiger partial charge in [-0.25, -0.2) is 4.68 Å². The molecule has 0 aliphatic carbocycles. The minimum absolute atomic E-state index is 0.0294. The van der Waals surface area contributed by atoms with Crippen LogP contribution in [-0.4, -0.2) is 22.1 Å². The molecule has 4 aromatic rings. The molecule has 3 aromatic carbocycles. The highest BCUT2D eigenvalue weighted by atomic mass is 19.4. The summed E-state index contributed by atoms with van der Waals surface area (Å²) in [5.74, 6) is -1.14. The van der Waals surface area contributed by atoms with E-state index in [1.807, 2.05) is 30.3 Å². The van der Waals surface area contributed by atoms with Crippen molar-refractivity contribution >= 4 is 22.4 Å². The zero-order valence-electron chi connectivity index (χ0n) is 16.5. The van der Waals surface area contributed by atoms with Crippen LogP contribution >= 0.6 is 0 Å². The van der Waals surface area contributed by atoms with Gasteiger partial charge in [0.25, 0.3) is 11.5 Å². The predicted octanol–water partition coefficient (Wildman–Crippen LogP) is 4.60. The van der Waals surface area contributed by atoms with E-state index >= 15 is 0 Å². The van der Waals surface area contributed by atoms with Gasteiger partial charge in [0.1, 0.15) is 5.75 Å². The normalized spacial score (nSPS) is 11.3. The standard InChI is InChI=1S/C23H16F3N3O3/c24-23(25,26)32-17-10-6-9-16(13-17)27-21(30)20-18-11-4-5-12-19(18)22(31)29(28-20)14-15-7-2-1-3-8-15/h1-13H,14H2,(H,27,30). The van der Waals surface area contributed by atoms with Crippen LogP contribution in [0.2, 0.25) is 0 Å². The Morgan fingerprint density at radius 3 is 2.34 bits per heavy atom. The van der Waals surface area contributed by atoms with Gasteiger partial charge in [-0.05, 0) is 23.8 Å². The maximum atomic E-state index is 13.0. The summed E-state index contributed by atoms with van der Waals surface area (Å²) >= 11 is 0. The summed E-state index contributed by atoms with van der Waals surface area (Å²) in [7, 11) is 0. The van der Waals surface area contributed by atoms with Crippen molar-refractivity contribution in [3.05, 3.63) is 100 Å². The second-order valence-electron chi connectivity index (χ2n) is 6.87. The van der Waals surface area contributed by atoms with Gasteiger partial charge in [-0.3, -0.25) is 9.59 Å². The van der Waals surface area contributed by atoms with E-state index in [0.717, 1.165) is 17.7 Å². The van der Waals surface area contributed by atoms with Crippen molar-refractivity contribution in [2.75, 3.05) is 5.32 Å². The number of alkyl halides is 3. The summed E-state index contributed by atoms with van der Waals surface area (Å²) in [4.78, 5) is 25.9. The third-order valence-electron chi connectivity index (χ3n) is 4.58. The van der Waals surface area contributed by atoms with Gasteiger partial charge < -0.3 is 10.1 Å². The van der Waals surface area contributed by atoms with Crippen LogP contribution in [0.5, 0.6) is 5.75 Å². The van der Waals surface area contributed by atoms with Crippen molar-refractivity contribution in [2.45, 2.75) is 12.9 Å². The molecular formula is C23H16F3N3O3. The number of halogens is 3. The second-order valence-corrected chi connectivity index (χ2v) is 6.87. The Hall–Kier alpha value is -4.14. The average Bonchev–Trinajstić information content (AvgIpc) is 2.75. The van der Waals surface area contributed by atoms with Gasteiger partial charge in [-0.15, -0.1) is 13.2 Å². The molecule has 0 bridgehead atoms. The van der Waals surface area contributed by atoms with E-state index < -0.39 is 18.0 Å². The van der Waals surface area contributed by atoms with Crippen molar-refractivity contribution in [1.82, 2.24) is 9.78 Å². The number of carbonyl (C=O) groups is 1. The fourth-order valence-corrected chi connectivity index (χ4v) is 3.23. The monoisotopic (exact) mass is 439 g/mol. The lowest BCUT2D eigenvalue weighted by Gasteiger charge is -2.13. The fourth-order valence-electron chi connectivity index (χ4n) is 3.23. The zero-order valence-corrected chi connectivity index (χ0v) is 16.5. The van der Waals surface area contributed by atoms with Gasteiger partial charge in [0.15, 0.2) is 5.69 Å². The molecule has 1 aromatic heterocycles. The summed E-state index contributed by atoms with van der Waals surface area (Å²) in [5, 5.41) is 7.42. The number of aromatic nitrogens is 2. The number of ether oxygens (including phenoxy) is 1. The molecule has 6 nitrogen and oxygen atoms in total. The first-order valence-electron chi connectivity index (χ1n) is 9.51. The van der Waals surface area contributed by atoms with Gasteiger partial charge in [-0.1, -0.05) is 54.6 Å². The van der Waals surface area contributed by atoms with Crippen molar-refractivity contribution in [3.8, 4) is 5.75 Å². The number of hydrogen-bond acceptors (Lipinski definition) is 4. The third kappa shape index (κ3) is 4.77. The van der Waals surface area contributed by atoms with E-state index in [1.165, 1.54) is 16.8 Å². The topological polar surface area (TPSA) is 73.2 Å². The molecular weight excluding hydrogens is 423 g/mol. The lowest BCUT2D eigenvalue weighted by Crippen LogP contribution is -2.28. The van der Waals surface area contributed by atoms with Crippen LogP contribution in [0.15, 0.2) is 83.7 Å². The number of fused-ring (bicyclic) bond motifs is 1. The van der Waals surface area contributed by atoms with Gasteiger partial charge >= 0.3 is 6.36 Å². The first-order chi connectivity index (χ1) is 15.3. The maximum absolute atomic E-state index is 13.0. The average molecular weight is 439 g/mol. The Balaban J connectivity index is 1.70. The van der Waals surface area contributed by atoms with Crippen LogP contribution < -0.4 is 15.6 Å². The van der Waals surface area contributed by atoms with Gasteiger partial charge in [-0.2, -0.15) is 5.10 Å². The number of nitrogens with zero attached hydrogens (tertiary/aromatic N) is 2. The van der Waals surface area contributed by atoms with E-state index in [-0.39, 0.29) is 23.5 Å². The number of amides is 1. The van der Waals surface area contributed by atoms with Crippen LogP contribution in [0.1, 0.15) is 16.1 Å². The van der Waals surface area contributed by atoms with Gasteiger partial charge in [0.05, 0.1) is 11.9 Å². The van der Waals surface area contributed by atoms with Crippen LogP contribution in [-0.2, 0) is 6.54 Å². The molecule has 162 valence electrons. The highest BCUT2D eigenvalue weighted by Crippen LogP contribution is 2.25. The Kier molecular flexibility index (Phi) is 5.63. The molecule has 32 heavy (non-hydrogen) atoms. The Morgan fingerprint density at radius 1 is 0.938 bits per heavy atom. The van der Waals surface area contributed by atoms with E-state index in [9.17, 15) is 22.8 Å². The summed E-state index contributed by atoms with van der Waals surface area (Å²) in [6.07, 6.45) is -4.85. The minimum Gasteiger partial charge on any atom is -0.406 e. The number of rotatable bonds is 5. The van der Waals surface area contributed by atoms with E-state index in [1.54, 1.807) is 24.3 Å². The molecule has 0 spiro atoms. The Bertz CT molecular complexity index is 1340. The summed E-state index contributed by atoms with van der Waals surface area (Å²) in [5.41, 5.74) is 0.518. The molecule has 1 amide bonds. The van der Waals surface area contributed by atoms with Crippen molar-refractivity contribution < 1.29 is 22.7 Å². The Morgan fingerprint density at radius 2 is 1.62 bits per heavy atom. The van der Waals surface area contributed by atoms with Crippen LogP contribution in [0.25, 0.3) is 10.8 Å². The lowest BCUT2D eigenvalue weighted by atomic mass is 10.1. The summed E-state index contributed by atoms with van der Waals surface area (Å²) in [6.45, 7) is 0.152. The summed E-state index contributed by atoms with van der Waals surface area (Å²) < 4.78 is 42.5. The van der Waals surface area contributed by atoms with Crippen molar-refractivity contribution in [1.29, 1.82) is 0 Å². The highest BCUT2D eigenvalue weighted by molar-refractivity contribution is 6.11. The third-order valence-corrected chi connectivity index (χ3v) is 4.58. The van der Waals surface area contributed by atoms with Crippen molar-refractivity contribution in [3.63, 3.8) is 0 Å². The molecule has 0 aliphatic heterocycles. The minimum atomic E-state index is -4.85. The summed E-state index contributed by atoms with van der Waals surface area (Å²) in [6, 6.07) is 20.6. The van der Waals surface area contributed by atoms with Crippen LogP contribution in [0, 0.1) is 0 Å². The SMILES string of the molecule is O=C(Nc1cccc(OC(F)(F)F)c1)c1nn(Cc2ccccc2)c(=O)c2ccccc12. The molecule has 0 atom stereocenters. The van der Waals surface area contributed by atoms with E-state index in [2.05, 4.69) is 15.2 Å². The predicted molar refractivity (Wildman–Crippen MR) is 113 cm³/mol. The molecule has 0 saturated carbocycles. The smallest absolute Gasteiger partial charge is 0.406 e. The Labute approximate surface area is 179 Å². The first-order valence-corrected chi connectivity index (χ1v) is 9.51. The lowest BCUT2D eigenvalue weighted by molar-refractivity contribution is -0.274. The molecule has 0 aliphatic rings. The maximum Gasteiger partial charge on any atom is 0.573 e. The van der Waals surface area contributed by atoms with E-state index in [0.29, 0.717) is 10.8 Å². The van der Waals surface area contributed by atoms with Crippen molar-refractivity contribution in [2.24, 2.45) is 0 Å². The number of benzene rings is 3. The molecule has 0 saturated heterocycles. The number of nitrogens with one attached hydrogen (secondary N) is 1. The second kappa shape index (κ2) is 8.54. The number of hydrogen-bond donors (Lipinski definition) is 1. The molecule has 4 rings (SSSR count). The highest BCUT2D eigenvalue weighted by Gasteiger charge is 2.31. The number of anilines is 1. The van der Waals surface area contributed by atoms with Gasteiger partial charge in [0.2, 0.25) is 0 Å². The van der Waals surface area contributed by atoms with Gasteiger partial charge in [0, 0.05) is 17.1 Å². The first kappa shape index (κ1) is 21.1. The quantitative estimate of drug-likeness (QED) is 0.494. The fraction of sp³-hybridized carbons (Fsp3) is 0.0870. The molecule has 1 N–H and O–H groups in total.